The smallest absolute Gasteiger partial charge is 0.230 e. The van der Waals surface area contributed by atoms with Gasteiger partial charge in [0.05, 0.1) is 19.3 Å². The van der Waals surface area contributed by atoms with Gasteiger partial charge < -0.3 is 19.5 Å². The molecule has 5 nitrogen and oxygen atoms in total. The summed E-state index contributed by atoms with van der Waals surface area (Å²) < 4.78 is 10.7. The van der Waals surface area contributed by atoms with Gasteiger partial charge in [-0.2, -0.15) is 0 Å². The molecule has 0 unspecified atom stereocenters. The molecule has 2 rings (SSSR count). The first kappa shape index (κ1) is 19.7. The van der Waals surface area contributed by atoms with Crippen LogP contribution >= 0.6 is 0 Å². The number of hydrogen-bond donors (Lipinski definition) is 1. The Balaban J connectivity index is 2.34. The monoisotopic (exact) mass is 349 g/mol. The number of carbonyl (C=O) groups excluding carboxylic acids is 1. The number of rotatable bonds is 7. The first-order chi connectivity index (χ1) is 12.0. The van der Waals surface area contributed by atoms with E-state index in [1.165, 1.54) is 0 Å². The van der Waals surface area contributed by atoms with Crippen LogP contribution in [0.3, 0.4) is 0 Å². The number of hydrogen-bond acceptors (Lipinski definition) is 4. The summed E-state index contributed by atoms with van der Waals surface area (Å²) in [6.45, 7) is 4.97. The third-order valence-electron chi connectivity index (χ3n) is 5.13. The maximum absolute atomic E-state index is 13.4. The molecule has 25 heavy (non-hydrogen) atoms. The Hall–Kier alpha value is -1.59. The van der Waals surface area contributed by atoms with Gasteiger partial charge in [-0.1, -0.05) is 6.92 Å². The molecule has 0 radical (unpaired) electrons. The standard InChI is InChI=1S/C20H31NO4/c1-14-5-7-16(8-6-14)20(23)21(17(12-24-3)13-25-4)19-10-9-18(22)11-15(19)2/h9-11,14,16-17,22H,5-8,12-13H2,1-4H3/t14-,16-. The molecule has 0 saturated heterocycles. The summed E-state index contributed by atoms with van der Waals surface area (Å²) in [6.07, 6.45) is 4.05. The maximum atomic E-state index is 13.4. The summed E-state index contributed by atoms with van der Waals surface area (Å²) in [7, 11) is 3.27. The minimum atomic E-state index is -0.190. The van der Waals surface area contributed by atoms with Crippen molar-refractivity contribution >= 4 is 11.6 Å². The van der Waals surface area contributed by atoms with E-state index < -0.39 is 0 Å². The van der Waals surface area contributed by atoms with Gasteiger partial charge in [-0.15, -0.1) is 0 Å². The molecule has 0 aromatic heterocycles. The normalized spacial score (nSPS) is 20.7. The number of phenolic OH excluding ortho intramolecular Hbond substituents is 1. The molecule has 1 aliphatic rings. The summed E-state index contributed by atoms with van der Waals surface area (Å²) in [5, 5.41) is 9.73. The molecule has 0 atom stereocenters. The van der Waals surface area contributed by atoms with Gasteiger partial charge in [0, 0.05) is 25.8 Å². The summed E-state index contributed by atoms with van der Waals surface area (Å²) in [5.74, 6) is 1.08. The number of phenols is 1. The molecule has 140 valence electrons. The molecule has 1 amide bonds. The minimum Gasteiger partial charge on any atom is -0.508 e. The molecule has 0 bridgehead atoms. The highest BCUT2D eigenvalue weighted by Gasteiger charge is 2.33. The van der Waals surface area contributed by atoms with Gasteiger partial charge in [-0.05, 0) is 62.3 Å². The number of carbonyl (C=O) groups is 1. The molecule has 1 aromatic carbocycles. The summed E-state index contributed by atoms with van der Waals surface area (Å²) in [4.78, 5) is 15.2. The van der Waals surface area contributed by atoms with Crippen LogP contribution in [-0.4, -0.2) is 44.5 Å². The van der Waals surface area contributed by atoms with Crippen molar-refractivity contribution in [2.45, 2.75) is 45.6 Å². The quantitative estimate of drug-likeness (QED) is 0.818. The van der Waals surface area contributed by atoms with E-state index >= 15 is 0 Å². The predicted octanol–water partition coefficient (Wildman–Crippen LogP) is 3.52. The van der Waals surface area contributed by atoms with Crippen LogP contribution in [0.25, 0.3) is 0 Å². The second kappa shape index (κ2) is 9.20. The molecule has 1 saturated carbocycles. The van der Waals surface area contributed by atoms with Crippen LogP contribution < -0.4 is 4.90 Å². The molecule has 0 heterocycles. The number of benzene rings is 1. The lowest BCUT2D eigenvalue weighted by molar-refractivity contribution is -0.124. The molecule has 1 aliphatic carbocycles. The Morgan fingerprint density at radius 1 is 1.20 bits per heavy atom. The van der Waals surface area contributed by atoms with Crippen LogP contribution in [0, 0.1) is 18.8 Å². The van der Waals surface area contributed by atoms with Crippen molar-refractivity contribution in [3.8, 4) is 5.75 Å². The van der Waals surface area contributed by atoms with Crippen molar-refractivity contribution < 1.29 is 19.4 Å². The van der Waals surface area contributed by atoms with Gasteiger partial charge in [-0.3, -0.25) is 4.79 Å². The van der Waals surface area contributed by atoms with E-state index in [0.29, 0.717) is 19.1 Å². The van der Waals surface area contributed by atoms with Crippen LogP contribution in [0.5, 0.6) is 5.75 Å². The van der Waals surface area contributed by atoms with E-state index in [9.17, 15) is 9.90 Å². The lowest BCUT2D eigenvalue weighted by Crippen LogP contribution is -2.49. The summed E-state index contributed by atoms with van der Waals surface area (Å²) >= 11 is 0. The number of aromatic hydroxyl groups is 1. The SMILES string of the molecule is COCC(COC)N(c1ccc(O)cc1C)C(=O)[C@H]1CC[C@H](C)CC1. The zero-order valence-corrected chi connectivity index (χ0v) is 15.8. The average Bonchev–Trinajstić information content (AvgIpc) is 2.58. The van der Waals surface area contributed by atoms with Crippen molar-refractivity contribution in [2.24, 2.45) is 11.8 Å². The number of amides is 1. The first-order valence-corrected chi connectivity index (χ1v) is 9.08. The Kier molecular flexibility index (Phi) is 7.26. The Morgan fingerprint density at radius 3 is 2.32 bits per heavy atom. The lowest BCUT2D eigenvalue weighted by atomic mass is 9.82. The number of aryl methyl sites for hydroxylation is 1. The van der Waals surface area contributed by atoms with Crippen LogP contribution in [0.15, 0.2) is 18.2 Å². The van der Waals surface area contributed by atoms with Gasteiger partial charge in [0.2, 0.25) is 5.91 Å². The van der Waals surface area contributed by atoms with E-state index in [4.69, 9.17) is 9.47 Å². The molecule has 1 aromatic rings. The van der Waals surface area contributed by atoms with Crippen molar-refractivity contribution in [1.82, 2.24) is 0 Å². The molecular weight excluding hydrogens is 318 g/mol. The van der Waals surface area contributed by atoms with Gasteiger partial charge in [0.25, 0.3) is 0 Å². The molecule has 1 fully saturated rings. The Bertz CT molecular complexity index is 561. The van der Waals surface area contributed by atoms with Crippen molar-refractivity contribution in [3.63, 3.8) is 0 Å². The van der Waals surface area contributed by atoms with Crippen LogP contribution in [0.2, 0.25) is 0 Å². The highest BCUT2D eigenvalue weighted by Crippen LogP contribution is 2.33. The van der Waals surface area contributed by atoms with Gasteiger partial charge in [0.15, 0.2) is 0 Å². The van der Waals surface area contributed by atoms with Crippen LogP contribution in [-0.2, 0) is 14.3 Å². The topological polar surface area (TPSA) is 59.0 Å². The number of anilines is 1. The zero-order valence-electron chi connectivity index (χ0n) is 15.8. The Morgan fingerprint density at radius 2 is 1.80 bits per heavy atom. The molecule has 0 spiro atoms. The fourth-order valence-corrected chi connectivity index (χ4v) is 3.69. The summed E-state index contributed by atoms with van der Waals surface area (Å²) in [6, 6.07) is 4.94. The van der Waals surface area contributed by atoms with E-state index in [1.54, 1.807) is 26.4 Å². The second-order valence-electron chi connectivity index (χ2n) is 7.20. The largest absolute Gasteiger partial charge is 0.508 e. The van der Waals surface area contributed by atoms with E-state index in [2.05, 4.69) is 6.92 Å². The molecule has 1 N–H and O–H groups in total. The van der Waals surface area contributed by atoms with Gasteiger partial charge in [0.1, 0.15) is 5.75 Å². The minimum absolute atomic E-state index is 0.0422. The fraction of sp³-hybridized carbons (Fsp3) is 0.650. The lowest BCUT2D eigenvalue weighted by Gasteiger charge is -2.36. The fourth-order valence-electron chi connectivity index (χ4n) is 3.69. The van der Waals surface area contributed by atoms with Gasteiger partial charge >= 0.3 is 0 Å². The summed E-state index contributed by atoms with van der Waals surface area (Å²) in [5.41, 5.74) is 1.69. The van der Waals surface area contributed by atoms with Crippen LogP contribution in [0.1, 0.15) is 38.2 Å². The third-order valence-corrected chi connectivity index (χ3v) is 5.13. The number of methoxy groups -OCH3 is 2. The maximum Gasteiger partial charge on any atom is 0.230 e. The zero-order chi connectivity index (χ0) is 18.4. The van der Waals surface area contributed by atoms with Crippen molar-refractivity contribution in [2.75, 3.05) is 32.3 Å². The number of ether oxygens (including phenoxy) is 2. The number of nitrogens with zero attached hydrogens (tertiary/aromatic N) is 1. The molecule has 5 heteroatoms. The molecule has 0 aliphatic heterocycles. The second-order valence-corrected chi connectivity index (χ2v) is 7.20. The third kappa shape index (κ3) is 4.95. The van der Waals surface area contributed by atoms with Crippen LogP contribution in [0.4, 0.5) is 5.69 Å². The first-order valence-electron chi connectivity index (χ1n) is 9.08. The van der Waals surface area contributed by atoms with E-state index in [1.807, 2.05) is 17.9 Å². The highest BCUT2D eigenvalue weighted by atomic mass is 16.5. The Labute approximate surface area is 150 Å². The van der Waals surface area contributed by atoms with E-state index in [0.717, 1.165) is 36.9 Å². The average molecular weight is 349 g/mol. The van der Waals surface area contributed by atoms with Crippen molar-refractivity contribution in [3.05, 3.63) is 23.8 Å². The molecular formula is C20H31NO4. The predicted molar refractivity (Wildman–Crippen MR) is 99.0 cm³/mol. The van der Waals surface area contributed by atoms with E-state index in [-0.39, 0.29) is 23.6 Å². The highest BCUT2D eigenvalue weighted by molar-refractivity contribution is 5.96. The van der Waals surface area contributed by atoms with Crippen molar-refractivity contribution in [1.29, 1.82) is 0 Å². The van der Waals surface area contributed by atoms with Gasteiger partial charge in [-0.25, -0.2) is 0 Å².